The van der Waals surface area contributed by atoms with Crippen LogP contribution >= 0.6 is 0 Å². The predicted octanol–water partition coefficient (Wildman–Crippen LogP) is 1.84. The molecule has 1 fully saturated rings. The maximum atomic E-state index is 5.81. The van der Waals surface area contributed by atoms with Gasteiger partial charge in [-0.25, -0.2) is 0 Å². The normalized spacial score (nSPS) is 21.0. The average Bonchev–Trinajstić information content (AvgIpc) is 2.65. The fourth-order valence-corrected chi connectivity index (χ4v) is 2.96. The molecule has 2 heterocycles. The summed E-state index contributed by atoms with van der Waals surface area (Å²) in [6, 6.07) is 5.79. The highest BCUT2D eigenvalue weighted by atomic mass is 16.5. The topological polar surface area (TPSA) is 96.8 Å². The third-order valence-corrected chi connectivity index (χ3v) is 4.24. The van der Waals surface area contributed by atoms with Crippen molar-refractivity contribution in [3.63, 3.8) is 0 Å². The van der Waals surface area contributed by atoms with Crippen molar-refractivity contribution in [2.75, 3.05) is 32.9 Å². The minimum atomic E-state index is -0.251. The lowest BCUT2D eigenvalue weighted by atomic mass is 10.0. The Bertz CT molecular complexity index is 694. The number of ether oxygens (including phenoxy) is 2. The number of nitrogens with two attached hydrogens (primary N) is 1. The van der Waals surface area contributed by atoms with Crippen LogP contribution in [0.1, 0.15) is 18.1 Å². The molecule has 0 aliphatic carbocycles. The Balaban J connectivity index is 1.94. The van der Waals surface area contributed by atoms with Crippen LogP contribution in [0, 0.1) is 6.92 Å². The first kappa shape index (κ1) is 17.4. The van der Waals surface area contributed by atoms with Crippen molar-refractivity contribution in [3.8, 4) is 0 Å². The zero-order chi connectivity index (χ0) is 17.6. The summed E-state index contributed by atoms with van der Waals surface area (Å²) in [5.74, 6) is 5.17. The van der Waals surface area contributed by atoms with Crippen molar-refractivity contribution in [2.24, 2.45) is 21.3 Å². The van der Waals surface area contributed by atoms with Crippen molar-refractivity contribution < 1.29 is 9.47 Å². The first-order valence-electron chi connectivity index (χ1n) is 8.44. The molecule has 25 heavy (non-hydrogen) atoms. The van der Waals surface area contributed by atoms with Gasteiger partial charge in [0.15, 0.2) is 6.23 Å². The molecule has 8 nitrogen and oxygen atoms in total. The smallest absolute Gasteiger partial charge is 0.183 e. The quantitative estimate of drug-likeness (QED) is 0.483. The van der Waals surface area contributed by atoms with Gasteiger partial charge in [-0.05, 0) is 37.6 Å². The molecule has 2 aliphatic rings. The predicted molar refractivity (Wildman–Crippen MR) is 95.4 cm³/mol. The average molecular weight is 344 g/mol. The van der Waals surface area contributed by atoms with Crippen LogP contribution < -0.4 is 11.3 Å². The van der Waals surface area contributed by atoms with E-state index in [0.29, 0.717) is 25.5 Å². The third kappa shape index (κ3) is 3.97. The fourth-order valence-electron chi connectivity index (χ4n) is 2.96. The Hall–Kier alpha value is -2.45. The Labute approximate surface area is 147 Å². The van der Waals surface area contributed by atoms with Crippen molar-refractivity contribution in [1.29, 1.82) is 0 Å². The molecule has 1 saturated heterocycles. The van der Waals surface area contributed by atoms with Crippen molar-refractivity contribution >= 4 is 11.4 Å². The molecule has 8 heteroatoms. The number of hydrazone groups is 1. The summed E-state index contributed by atoms with van der Waals surface area (Å²) in [5, 5.41) is 11.8. The monoisotopic (exact) mass is 344 g/mol. The number of hydrogen-bond acceptors (Lipinski definition) is 7. The molecule has 3 N–H and O–H groups in total. The molecule has 0 bridgehead atoms. The molecule has 134 valence electrons. The van der Waals surface area contributed by atoms with Crippen LogP contribution in [-0.2, 0) is 9.47 Å². The summed E-state index contributed by atoms with van der Waals surface area (Å²) < 4.78 is 11.3. The number of aryl methyl sites for hydroxylation is 1. The van der Waals surface area contributed by atoms with Gasteiger partial charge in [0.25, 0.3) is 0 Å². The zero-order valence-electron chi connectivity index (χ0n) is 14.6. The van der Waals surface area contributed by atoms with Gasteiger partial charge in [-0.2, -0.15) is 5.10 Å². The van der Waals surface area contributed by atoms with E-state index in [2.05, 4.69) is 31.8 Å². The Morgan fingerprint density at radius 1 is 1.40 bits per heavy atom. The van der Waals surface area contributed by atoms with Gasteiger partial charge in [-0.3, -0.25) is 5.43 Å². The molecule has 1 unspecified atom stereocenters. The molecule has 2 aliphatic heterocycles. The number of allylic oxidation sites excluding steroid dienone is 1. The summed E-state index contributed by atoms with van der Waals surface area (Å²) in [6.07, 6.45) is 1.83. The highest BCUT2D eigenvalue weighted by Crippen LogP contribution is 2.23. The van der Waals surface area contributed by atoms with Crippen molar-refractivity contribution in [3.05, 3.63) is 41.1 Å². The lowest BCUT2D eigenvalue weighted by Gasteiger charge is -2.36. The molecule has 0 spiro atoms. The summed E-state index contributed by atoms with van der Waals surface area (Å²) >= 11 is 0. The van der Waals surface area contributed by atoms with Crippen LogP contribution in [0.4, 0.5) is 5.69 Å². The number of morpholine rings is 1. The highest BCUT2D eigenvalue weighted by Gasteiger charge is 2.26. The van der Waals surface area contributed by atoms with Gasteiger partial charge < -0.3 is 20.2 Å². The Morgan fingerprint density at radius 3 is 2.92 bits per heavy atom. The molecule has 0 aromatic heterocycles. The number of hydrogen-bond donors (Lipinski definition) is 2. The second-order valence-corrected chi connectivity index (χ2v) is 5.84. The number of benzene rings is 1. The molecular weight excluding hydrogens is 320 g/mol. The molecule has 1 aromatic carbocycles. The van der Waals surface area contributed by atoms with E-state index in [0.717, 1.165) is 35.6 Å². The van der Waals surface area contributed by atoms with Gasteiger partial charge in [-0.15, -0.1) is 5.11 Å². The Kier molecular flexibility index (Phi) is 5.62. The van der Waals surface area contributed by atoms with Crippen LogP contribution in [0.3, 0.4) is 0 Å². The van der Waals surface area contributed by atoms with Crippen LogP contribution in [-0.4, -0.2) is 49.7 Å². The summed E-state index contributed by atoms with van der Waals surface area (Å²) in [4.78, 5) is 2.28. The molecule has 3 rings (SSSR count). The summed E-state index contributed by atoms with van der Waals surface area (Å²) in [5.41, 5.74) is 7.82. The largest absolute Gasteiger partial charge is 0.378 e. The van der Waals surface area contributed by atoms with E-state index in [1.165, 1.54) is 0 Å². The maximum Gasteiger partial charge on any atom is 0.183 e. The maximum absolute atomic E-state index is 5.81. The van der Waals surface area contributed by atoms with E-state index in [1.54, 1.807) is 0 Å². The third-order valence-electron chi connectivity index (χ3n) is 4.24. The standard InChI is InChI=1S/C17H24N6O2/c1-3-25-17-16(23-6-8-24-9-7-23)11-15(20-21-17)14-10-13(19-22-18)5-4-12(14)2/h4-5,10-11,17,21H,3,6-9H2,1-2H3,(H2,18,19). The van der Waals surface area contributed by atoms with Gasteiger partial charge in [0.1, 0.15) is 0 Å². The molecule has 1 aromatic rings. The van der Waals surface area contributed by atoms with Crippen molar-refractivity contribution in [1.82, 2.24) is 10.3 Å². The van der Waals surface area contributed by atoms with Gasteiger partial charge >= 0.3 is 0 Å². The molecule has 1 atom stereocenters. The van der Waals surface area contributed by atoms with Crippen LogP contribution in [0.15, 0.2) is 45.4 Å². The molecular formula is C17H24N6O2. The van der Waals surface area contributed by atoms with E-state index in [4.69, 9.17) is 15.3 Å². The van der Waals surface area contributed by atoms with E-state index in [9.17, 15) is 0 Å². The molecule has 0 radical (unpaired) electrons. The van der Waals surface area contributed by atoms with E-state index in [-0.39, 0.29) is 6.23 Å². The highest BCUT2D eigenvalue weighted by molar-refractivity contribution is 6.10. The second-order valence-electron chi connectivity index (χ2n) is 5.84. The SMILES string of the molecule is CCOC1NN=C(c2cc(N=NN)ccc2C)C=C1N1CCOCC1. The number of nitrogens with one attached hydrogen (secondary N) is 1. The van der Waals surface area contributed by atoms with Crippen molar-refractivity contribution in [2.45, 2.75) is 20.1 Å². The van der Waals surface area contributed by atoms with Crippen LogP contribution in [0.2, 0.25) is 0 Å². The van der Waals surface area contributed by atoms with Crippen LogP contribution in [0.5, 0.6) is 0 Å². The summed E-state index contributed by atoms with van der Waals surface area (Å²) in [6.45, 7) is 7.73. The fraction of sp³-hybridized carbons (Fsp3) is 0.471. The van der Waals surface area contributed by atoms with E-state index < -0.39 is 0 Å². The second kappa shape index (κ2) is 8.09. The Morgan fingerprint density at radius 2 is 2.20 bits per heavy atom. The molecule has 0 saturated carbocycles. The zero-order valence-corrected chi connectivity index (χ0v) is 14.6. The van der Waals surface area contributed by atoms with Crippen LogP contribution in [0.25, 0.3) is 0 Å². The van der Waals surface area contributed by atoms with Gasteiger partial charge in [-0.1, -0.05) is 11.3 Å². The minimum Gasteiger partial charge on any atom is -0.378 e. The van der Waals surface area contributed by atoms with E-state index in [1.807, 2.05) is 32.0 Å². The lowest BCUT2D eigenvalue weighted by Crippen LogP contribution is -2.46. The van der Waals surface area contributed by atoms with Gasteiger partial charge in [0, 0.05) is 25.3 Å². The first-order valence-corrected chi connectivity index (χ1v) is 8.44. The first-order chi connectivity index (χ1) is 12.2. The lowest BCUT2D eigenvalue weighted by molar-refractivity contribution is 0.00911. The van der Waals surface area contributed by atoms with Gasteiger partial charge in [0.2, 0.25) is 0 Å². The number of nitrogens with zero attached hydrogens (tertiary/aromatic N) is 4. The molecule has 0 amide bonds. The van der Waals surface area contributed by atoms with E-state index >= 15 is 0 Å². The minimum absolute atomic E-state index is 0.251. The van der Waals surface area contributed by atoms with Gasteiger partial charge in [0.05, 0.1) is 30.3 Å². The summed E-state index contributed by atoms with van der Waals surface area (Å²) in [7, 11) is 0. The number of rotatable bonds is 5.